The standard InChI is InChI=1S/C40H54N8O6/c1-21(2)31(45-37(49)33(23(5)6)47-39(51)53-9)35-41-19-29(43-35)27-15-11-25(12-16-27)26-13-17-28(18-14-26)30-20-42-36(44-30)32(22(3)4)46-38(50)34(24(7)8)48-40(52)54-10/h11-24,31-34H,1-10H3,(H,41,43)(H,42,44)(H,45,49)(H,46,50)(H,47,51)(H,48,52)/t31-,32-,33+,34+/m1/s1. The first-order valence-electron chi connectivity index (χ1n) is 18.2. The van der Waals surface area contributed by atoms with Crippen molar-refractivity contribution in [2.45, 2.75) is 79.6 Å². The van der Waals surface area contributed by atoms with Gasteiger partial charge >= 0.3 is 12.2 Å². The highest BCUT2D eigenvalue weighted by molar-refractivity contribution is 5.87. The van der Waals surface area contributed by atoms with E-state index in [4.69, 9.17) is 9.47 Å². The van der Waals surface area contributed by atoms with E-state index in [2.05, 4.69) is 41.2 Å². The van der Waals surface area contributed by atoms with Gasteiger partial charge in [-0.2, -0.15) is 0 Å². The molecule has 0 saturated carbocycles. The van der Waals surface area contributed by atoms with Gasteiger partial charge in [0.15, 0.2) is 0 Å². The molecule has 0 aliphatic heterocycles. The van der Waals surface area contributed by atoms with Crippen LogP contribution in [0.2, 0.25) is 0 Å². The Labute approximate surface area is 317 Å². The molecule has 0 fully saturated rings. The number of H-pyrrole nitrogens is 2. The maximum atomic E-state index is 13.2. The third-order valence-electron chi connectivity index (χ3n) is 9.25. The number of ether oxygens (including phenoxy) is 2. The lowest BCUT2D eigenvalue weighted by molar-refractivity contribution is -0.126. The average Bonchev–Trinajstić information content (AvgIpc) is 3.84. The van der Waals surface area contributed by atoms with E-state index in [0.717, 1.165) is 33.6 Å². The van der Waals surface area contributed by atoms with Crippen LogP contribution in [-0.2, 0) is 19.1 Å². The molecule has 6 N–H and O–H groups in total. The second-order valence-corrected chi connectivity index (χ2v) is 14.7. The molecule has 4 rings (SSSR count). The summed E-state index contributed by atoms with van der Waals surface area (Å²) >= 11 is 0. The van der Waals surface area contributed by atoms with Gasteiger partial charge in [-0.1, -0.05) is 104 Å². The summed E-state index contributed by atoms with van der Waals surface area (Å²) in [6.45, 7) is 15.4. The van der Waals surface area contributed by atoms with Crippen LogP contribution in [0, 0.1) is 23.7 Å². The van der Waals surface area contributed by atoms with E-state index in [1.807, 2.05) is 104 Å². The molecule has 0 bridgehead atoms. The summed E-state index contributed by atoms with van der Waals surface area (Å²) in [5.41, 5.74) is 5.56. The number of hydrogen-bond donors (Lipinski definition) is 6. The molecule has 290 valence electrons. The summed E-state index contributed by atoms with van der Waals surface area (Å²) < 4.78 is 9.40. The fourth-order valence-electron chi connectivity index (χ4n) is 6.00. The summed E-state index contributed by atoms with van der Waals surface area (Å²) in [5.74, 6) is 0.354. The fraction of sp³-hybridized carbons (Fsp3) is 0.450. The van der Waals surface area contributed by atoms with E-state index < -0.39 is 36.4 Å². The van der Waals surface area contributed by atoms with E-state index in [1.54, 1.807) is 12.4 Å². The monoisotopic (exact) mass is 742 g/mol. The quantitative estimate of drug-likeness (QED) is 0.0793. The van der Waals surface area contributed by atoms with Crippen molar-refractivity contribution in [1.29, 1.82) is 0 Å². The Hall–Kier alpha value is -5.66. The van der Waals surface area contributed by atoms with Gasteiger partial charge in [0.25, 0.3) is 0 Å². The molecule has 2 aromatic heterocycles. The predicted octanol–water partition coefficient (Wildman–Crippen LogP) is 6.52. The average molecular weight is 743 g/mol. The number of carbonyl (C=O) groups excluding carboxylic acids is 4. The molecule has 2 aromatic carbocycles. The number of methoxy groups -OCH3 is 2. The van der Waals surface area contributed by atoms with Crippen LogP contribution >= 0.6 is 0 Å². The van der Waals surface area contributed by atoms with Crippen LogP contribution < -0.4 is 21.3 Å². The summed E-state index contributed by atoms with van der Waals surface area (Å²) in [5, 5.41) is 11.3. The molecular weight excluding hydrogens is 688 g/mol. The Morgan fingerprint density at radius 1 is 0.500 bits per heavy atom. The number of hydrogen-bond acceptors (Lipinski definition) is 8. The first kappa shape index (κ1) is 41.1. The first-order valence-corrected chi connectivity index (χ1v) is 18.2. The van der Waals surface area contributed by atoms with Crippen LogP contribution in [0.3, 0.4) is 0 Å². The summed E-state index contributed by atoms with van der Waals surface area (Å²) in [4.78, 5) is 66.0. The van der Waals surface area contributed by atoms with E-state index >= 15 is 0 Å². The van der Waals surface area contributed by atoms with Gasteiger partial charge in [0, 0.05) is 0 Å². The Kier molecular flexibility index (Phi) is 14.0. The van der Waals surface area contributed by atoms with Gasteiger partial charge in [0.05, 0.1) is 50.1 Å². The Balaban J connectivity index is 1.45. The maximum absolute atomic E-state index is 13.2. The molecule has 2 heterocycles. The summed E-state index contributed by atoms with van der Waals surface area (Å²) in [7, 11) is 2.53. The van der Waals surface area contributed by atoms with Crippen molar-refractivity contribution in [2.24, 2.45) is 23.7 Å². The number of carbonyl (C=O) groups is 4. The lowest BCUT2D eigenvalue weighted by atomic mass is 10.00. The number of aromatic amines is 2. The van der Waals surface area contributed by atoms with Crippen molar-refractivity contribution in [3.8, 4) is 33.6 Å². The Bertz CT molecular complexity index is 1730. The van der Waals surface area contributed by atoms with Crippen molar-refractivity contribution < 1.29 is 28.7 Å². The number of rotatable bonds is 15. The van der Waals surface area contributed by atoms with Crippen LogP contribution in [0.25, 0.3) is 33.6 Å². The second-order valence-electron chi connectivity index (χ2n) is 14.7. The highest BCUT2D eigenvalue weighted by Gasteiger charge is 2.31. The van der Waals surface area contributed by atoms with Crippen molar-refractivity contribution in [2.75, 3.05) is 14.2 Å². The van der Waals surface area contributed by atoms with Crippen molar-refractivity contribution >= 4 is 24.0 Å². The van der Waals surface area contributed by atoms with Gasteiger partial charge in [-0.15, -0.1) is 0 Å². The fourth-order valence-corrected chi connectivity index (χ4v) is 6.00. The van der Waals surface area contributed by atoms with Crippen LogP contribution in [0.4, 0.5) is 9.59 Å². The van der Waals surface area contributed by atoms with Crippen molar-refractivity contribution in [3.05, 3.63) is 72.6 Å². The molecule has 0 saturated heterocycles. The van der Waals surface area contributed by atoms with Crippen LogP contribution in [0.15, 0.2) is 60.9 Å². The topological polar surface area (TPSA) is 192 Å². The maximum Gasteiger partial charge on any atom is 0.407 e. The van der Waals surface area contributed by atoms with Gasteiger partial charge in [0.1, 0.15) is 23.7 Å². The zero-order chi connectivity index (χ0) is 39.7. The third-order valence-corrected chi connectivity index (χ3v) is 9.25. The number of nitrogens with zero attached hydrogens (tertiary/aromatic N) is 2. The number of alkyl carbamates (subject to hydrolysis) is 2. The van der Waals surface area contributed by atoms with Crippen molar-refractivity contribution in [1.82, 2.24) is 41.2 Å². The number of benzene rings is 2. The predicted molar refractivity (Wildman–Crippen MR) is 207 cm³/mol. The highest BCUT2D eigenvalue weighted by Crippen LogP contribution is 2.29. The SMILES string of the molecule is COC(=O)N[C@H](C(=O)N[C@@H](c1ncc(-c2ccc(-c3ccc(-c4cnc([C@H](NC(=O)[C@@H](NC(=O)OC)C(C)C)C(C)C)[nH]4)cc3)cc2)[nH]1)C(C)C)C(C)C. The van der Waals surface area contributed by atoms with Crippen LogP contribution in [0.5, 0.6) is 0 Å². The molecule has 4 atom stereocenters. The smallest absolute Gasteiger partial charge is 0.407 e. The molecule has 14 nitrogen and oxygen atoms in total. The zero-order valence-electron chi connectivity index (χ0n) is 32.7. The van der Waals surface area contributed by atoms with Crippen LogP contribution in [-0.4, -0.2) is 70.2 Å². The molecule has 0 aliphatic carbocycles. The summed E-state index contributed by atoms with van der Waals surface area (Å²) in [6, 6.07) is 13.9. The first-order chi connectivity index (χ1) is 25.6. The van der Waals surface area contributed by atoms with Crippen LogP contribution in [0.1, 0.15) is 79.1 Å². The molecule has 0 spiro atoms. The van der Waals surface area contributed by atoms with E-state index in [1.165, 1.54) is 14.2 Å². The van der Waals surface area contributed by atoms with Gasteiger partial charge in [-0.25, -0.2) is 19.6 Å². The van der Waals surface area contributed by atoms with Gasteiger partial charge in [-0.3, -0.25) is 9.59 Å². The summed E-state index contributed by atoms with van der Waals surface area (Å²) in [6.07, 6.45) is 2.18. The molecular formula is C40H54N8O6. The molecule has 0 aliphatic rings. The van der Waals surface area contributed by atoms with E-state index in [-0.39, 0.29) is 35.5 Å². The van der Waals surface area contributed by atoms with Gasteiger partial charge in [-0.05, 0) is 45.9 Å². The molecule has 0 radical (unpaired) electrons. The number of nitrogens with one attached hydrogen (secondary N) is 6. The minimum atomic E-state index is -0.759. The number of imidazole rings is 2. The van der Waals surface area contributed by atoms with Gasteiger partial charge < -0.3 is 40.7 Å². The molecule has 54 heavy (non-hydrogen) atoms. The molecule has 0 unspecified atom stereocenters. The minimum absolute atomic E-state index is 0.0226. The molecule has 4 amide bonds. The highest BCUT2D eigenvalue weighted by atomic mass is 16.5. The lowest BCUT2D eigenvalue weighted by Crippen LogP contribution is -2.51. The normalized spacial score (nSPS) is 13.7. The number of amides is 4. The van der Waals surface area contributed by atoms with Crippen molar-refractivity contribution in [3.63, 3.8) is 0 Å². The Morgan fingerprint density at radius 3 is 1.09 bits per heavy atom. The third kappa shape index (κ3) is 10.3. The van der Waals surface area contributed by atoms with E-state index in [0.29, 0.717) is 11.6 Å². The lowest BCUT2D eigenvalue weighted by Gasteiger charge is -2.26. The van der Waals surface area contributed by atoms with E-state index in [9.17, 15) is 19.2 Å². The molecule has 4 aromatic rings. The second kappa shape index (κ2) is 18.4. The van der Waals surface area contributed by atoms with Gasteiger partial charge in [0.2, 0.25) is 11.8 Å². The molecule has 14 heteroatoms. The Morgan fingerprint density at radius 2 is 0.815 bits per heavy atom. The largest absolute Gasteiger partial charge is 0.453 e. The number of aromatic nitrogens is 4. The minimum Gasteiger partial charge on any atom is -0.453 e. The zero-order valence-corrected chi connectivity index (χ0v) is 32.7.